The zero-order valence-corrected chi connectivity index (χ0v) is 16.8. The molecule has 0 fully saturated rings. The first-order valence-corrected chi connectivity index (χ1v) is 9.79. The van der Waals surface area contributed by atoms with Gasteiger partial charge in [0.1, 0.15) is 5.75 Å². The van der Waals surface area contributed by atoms with Crippen molar-refractivity contribution in [3.63, 3.8) is 0 Å². The molecule has 1 aliphatic heterocycles. The molecule has 0 unspecified atom stereocenters. The number of nitrogens with zero attached hydrogens (tertiary/aromatic N) is 1. The van der Waals surface area contributed by atoms with E-state index in [1.54, 1.807) is 7.11 Å². The molecule has 0 atom stereocenters. The van der Waals surface area contributed by atoms with Crippen molar-refractivity contribution in [1.82, 2.24) is 4.90 Å². The predicted octanol–water partition coefficient (Wildman–Crippen LogP) is 3.81. The van der Waals surface area contributed by atoms with Crippen LogP contribution >= 0.6 is 0 Å². The maximum Gasteiger partial charge on any atom is 0.225 e. The smallest absolute Gasteiger partial charge is 0.225 e. The summed E-state index contributed by atoms with van der Waals surface area (Å²) in [6, 6.07) is 13.8. The van der Waals surface area contributed by atoms with Crippen LogP contribution < -0.4 is 10.1 Å². The summed E-state index contributed by atoms with van der Waals surface area (Å²) in [7, 11) is 1.64. The minimum Gasteiger partial charge on any atom is -0.497 e. The Morgan fingerprint density at radius 3 is 2.54 bits per heavy atom. The summed E-state index contributed by atoms with van der Waals surface area (Å²) in [5.41, 5.74) is 4.26. The lowest BCUT2D eigenvalue weighted by atomic mass is 9.98. The van der Waals surface area contributed by atoms with Crippen LogP contribution in [-0.4, -0.2) is 30.4 Å². The van der Waals surface area contributed by atoms with Crippen molar-refractivity contribution in [3.8, 4) is 5.75 Å². The standard InChI is InChI=1S/C23H28N2O3/c1-16(2)23(27)25-13-12-18-7-8-20(14-19(18)15-25)24-22(26)11-6-17-4-9-21(28-3)10-5-17/h4-5,7-10,14,16H,6,11-13,15H2,1-3H3,(H,24,26). The van der Waals surface area contributed by atoms with Gasteiger partial charge in [0.25, 0.3) is 0 Å². The molecule has 5 heteroatoms. The van der Waals surface area contributed by atoms with Crippen molar-refractivity contribution >= 4 is 17.5 Å². The fourth-order valence-corrected chi connectivity index (χ4v) is 3.46. The predicted molar refractivity (Wildman–Crippen MR) is 110 cm³/mol. The minimum absolute atomic E-state index is 0.00221. The lowest BCUT2D eigenvalue weighted by Crippen LogP contribution is -2.38. The van der Waals surface area contributed by atoms with Gasteiger partial charge < -0.3 is 15.0 Å². The number of rotatable bonds is 6. The molecule has 28 heavy (non-hydrogen) atoms. The molecule has 0 aromatic heterocycles. The van der Waals surface area contributed by atoms with E-state index in [4.69, 9.17) is 4.74 Å². The van der Waals surface area contributed by atoms with Crippen LogP contribution in [0.4, 0.5) is 5.69 Å². The van der Waals surface area contributed by atoms with Crippen molar-refractivity contribution in [1.29, 1.82) is 0 Å². The molecule has 0 bridgehead atoms. The van der Waals surface area contributed by atoms with Gasteiger partial charge >= 0.3 is 0 Å². The van der Waals surface area contributed by atoms with E-state index in [-0.39, 0.29) is 17.7 Å². The topological polar surface area (TPSA) is 58.6 Å². The molecule has 0 spiro atoms. The zero-order valence-electron chi connectivity index (χ0n) is 16.8. The van der Waals surface area contributed by atoms with Crippen LogP contribution in [0.5, 0.6) is 5.75 Å². The normalized spacial score (nSPS) is 13.2. The van der Waals surface area contributed by atoms with Gasteiger partial charge in [-0.2, -0.15) is 0 Å². The molecule has 0 saturated heterocycles. The molecular weight excluding hydrogens is 352 g/mol. The van der Waals surface area contributed by atoms with Crippen molar-refractivity contribution in [2.24, 2.45) is 5.92 Å². The summed E-state index contributed by atoms with van der Waals surface area (Å²) in [4.78, 5) is 26.5. The number of fused-ring (bicyclic) bond motifs is 1. The van der Waals surface area contributed by atoms with Crippen molar-refractivity contribution in [2.75, 3.05) is 19.0 Å². The Bertz CT molecular complexity index is 843. The fraction of sp³-hybridized carbons (Fsp3) is 0.391. The van der Waals surface area contributed by atoms with E-state index in [0.29, 0.717) is 19.4 Å². The average Bonchev–Trinajstić information content (AvgIpc) is 2.71. The van der Waals surface area contributed by atoms with Gasteiger partial charge in [-0.3, -0.25) is 9.59 Å². The first kappa shape index (κ1) is 19.9. The van der Waals surface area contributed by atoms with Crippen LogP contribution in [0.1, 0.15) is 37.0 Å². The van der Waals surface area contributed by atoms with E-state index in [9.17, 15) is 9.59 Å². The third-order valence-electron chi connectivity index (χ3n) is 5.11. The van der Waals surface area contributed by atoms with Crippen LogP contribution in [0, 0.1) is 5.92 Å². The molecule has 2 aromatic carbocycles. The maximum atomic E-state index is 12.3. The number of carbonyl (C=O) groups is 2. The van der Waals surface area contributed by atoms with E-state index < -0.39 is 0 Å². The van der Waals surface area contributed by atoms with Crippen LogP contribution in [-0.2, 0) is 29.0 Å². The SMILES string of the molecule is COc1ccc(CCC(=O)Nc2ccc3c(c2)CN(C(=O)C(C)C)CC3)cc1. The Morgan fingerprint density at radius 2 is 1.86 bits per heavy atom. The van der Waals surface area contributed by atoms with E-state index in [1.807, 2.05) is 55.1 Å². The Balaban J connectivity index is 1.58. The van der Waals surface area contributed by atoms with Crippen LogP contribution in [0.15, 0.2) is 42.5 Å². The van der Waals surface area contributed by atoms with Crippen molar-refractivity contribution < 1.29 is 14.3 Å². The van der Waals surface area contributed by atoms with Gasteiger partial charge in [-0.25, -0.2) is 0 Å². The van der Waals surface area contributed by atoms with Gasteiger partial charge in [0.15, 0.2) is 0 Å². The maximum absolute atomic E-state index is 12.3. The number of hydrogen-bond donors (Lipinski definition) is 1. The zero-order chi connectivity index (χ0) is 20.1. The summed E-state index contributed by atoms with van der Waals surface area (Å²) in [6.45, 7) is 5.23. The molecule has 148 valence electrons. The number of hydrogen-bond acceptors (Lipinski definition) is 3. The van der Waals surface area contributed by atoms with E-state index >= 15 is 0 Å². The third kappa shape index (κ3) is 4.91. The van der Waals surface area contributed by atoms with Crippen LogP contribution in [0.2, 0.25) is 0 Å². The Kier molecular flexibility index (Phi) is 6.34. The van der Waals surface area contributed by atoms with Gasteiger partial charge in [0.05, 0.1) is 7.11 Å². The average molecular weight is 380 g/mol. The molecule has 5 nitrogen and oxygen atoms in total. The number of nitrogens with one attached hydrogen (secondary N) is 1. The number of ether oxygens (including phenoxy) is 1. The first-order valence-electron chi connectivity index (χ1n) is 9.79. The molecule has 1 aliphatic rings. The molecule has 2 aromatic rings. The lowest BCUT2D eigenvalue weighted by Gasteiger charge is -2.30. The summed E-state index contributed by atoms with van der Waals surface area (Å²) in [6.07, 6.45) is 1.96. The number of methoxy groups -OCH3 is 1. The lowest BCUT2D eigenvalue weighted by molar-refractivity contribution is -0.135. The van der Waals surface area contributed by atoms with E-state index in [1.165, 1.54) is 5.56 Å². The summed E-state index contributed by atoms with van der Waals surface area (Å²) in [5, 5.41) is 2.98. The molecule has 1 N–H and O–H groups in total. The van der Waals surface area contributed by atoms with Crippen molar-refractivity contribution in [3.05, 3.63) is 59.2 Å². The van der Waals surface area contributed by atoms with E-state index in [0.717, 1.165) is 35.5 Å². The third-order valence-corrected chi connectivity index (χ3v) is 5.11. The number of anilines is 1. The van der Waals surface area contributed by atoms with Crippen molar-refractivity contribution in [2.45, 2.75) is 39.7 Å². The largest absolute Gasteiger partial charge is 0.497 e. The number of benzene rings is 2. The number of aryl methyl sites for hydroxylation is 1. The summed E-state index contributed by atoms with van der Waals surface area (Å²) >= 11 is 0. The highest BCUT2D eigenvalue weighted by atomic mass is 16.5. The number of amides is 2. The molecule has 2 amide bonds. The molecule has 3 rings (SSSR count). The minimum atomic E-state index is -0.0123. The molecule has 1 heterocycles. The summed E-state index contributed by atoms with van der Waals surface area (Å²) in [5.74, 6) is 0.982. The van der Waals surface area contributed by atoms with Crippen LogP contribution in [0.3, 0.4) is 0 Å². The molecular formula is C23H28N2O3. The van der Waals surface area contributed by atoms with E-state index in [2.05, 4.69) is 11.4 Å². The fourth-order valence-electron chi connectivity index (χ4n) is 3.46. The van der Waals surface area contributed by atoms with Gasteiger partial charge in [-0.1, -0.05) is 32.0 Å². The highest BCUT2D eigenvalue weighted by molar-refractivity contribution is 5.91. The summed E-state index contributed by atoms with van der Waals surface area (Å²) < 4.78 is 5.15. The highest BCUT2D eigenvalue weighted by Crippen LogP contribution is 2.24. The second-order valence-electron chi connectivity index (χ2n) is 7.54. The highest BCUT2D eigenvalue weighted by Gasteiger charge is 2.22. The first-order chi connectivity index (χ1) is 13.5. The second kappa shape index (κ2) is 8.91. The van der Waals surface area contributed by atoms with Gasteiger partial charge in [0, 0.05) is 31.1 Å². The van der Waals surface area contributed by atoms with Crippen LogP contribution in [0.25, 0.3) is 0 Å². The van der Waals surface area contributed by atoms with Gasteiger partial charge in [0.2, 0.25) is 11.8 Å². The molecule has 0 saturated carbocycles. The van der Waals surface area contributed by atoms with Gasteiger partial charge in [-0.15, -0.1) is 0 Å². The Labute approximate surface area is 166 Å². The molecule has 0 radical (unpaired) electrons. The number of carbonyl (C=O) groups excluding carboxylic acids is 2. The monoisotopic (exact) mass is 380 g/mol. The Morgan fingerprint density at radius 1 is 1.11 bits per heavy atom. The Hall–Kier alpha value is -2.82. The quantitative estimate of drug-likeness (QED) is 0.829. The van der Waals surface area contributed by atoms with Gasteiger partial charge in [-0.05, 0) is 53.8 Å². The second-order valence-corrected chi connectivity index (χ2v) is 7.54. The molecule has 0 aliphatic carbocycles.